The number of amides is 1. The van der Waals surface area contributed by atoms with E-state index in [1.165, 1.54) is 17.5 Å². The molecule has 2 rings (SSSR count). The fourth-order valence-electron chi connectivity index (χ4n) is 2.38. The van der Waals surface area contributed by atoms with Crippen LogP contribution in [0.5, 0.6) is 5.75 Å². The van der Waals surface area contributed by atoms with Crippen LogP contribution in [0, 0.1) is 0 Å². The summed E-state index contributed by atoms with van der Waals surface area (Å²) >= 11 is 0. The molecule has 0 aliphatic heterocycles. The number of carbonyl (C=O) groups excluding carboxylic acids is 1. The predicted molar refractivity (Wildman–Crippen MR) is 75.2 cm³/mol. The third-order valence-electron chi connectivity index (χ3n) is 3.47. The summed E-state index contributed by atoms with van der Waals surface area (Å²) in [5, 5.41) is 3.09. The van der Waals surface area contributed by atoms with Crippen molar-refractivity contribution in [2.24, 2.45) is 5.73 Å². The number of nitrogens with one attached hydrogen (secondary N) is 1. The van der Waals surface area contributed by atoms with E-state index in [-0.39, 0.29) is 12.5 Å². The van der Waals surface area contributed by atoms with Crippen LogP contribution in [0.3, 0.4) is 0 Å². The molecule has 4 nitrogen and oxygen atoms in total. The second kappa shape index (κ2) is 6.57. The van der Waals surface area contributed by atoms with E-state index in [4.69, 9.17) is 10.5 Å². The van der Waals surface area contributed by atoms with Crippen molar-refractivity contribution in [3.05, 3.63) is 29.3 Å². The minimum atomic E-state index is -0.423. The molecule has 0 fully saturated rings. The number of nitrogens with two attached hydrogens (primary N) is 1. The van der Waals surface area contributed by atoms with Gasteiger partial charge in [-0.3, -0.25) is 4.79 Å². The Kier molecular flexibility index (Phi) is 4.80. The number of hydrogen-bond donors (Lipinski definition) is 2. The SMILES string of the molecule is CCCNC(COc1ccc2c(c1)CCC2)C(N)=O. The van der Waals surface area contributed by atoms with Crippen molar-refractivity contribution < 1.29 is 9.53 Å². The van der Waals surface area contributed by atoms with Gasteiger partial charge in [0.1, 0.15) is 18.4 Å². The molecule has 1 amide bonds. The molecule has 0 spiro atoms. The molecule has 0 radical (unpaired) electrons. The zero-order chi connectivity index (χ0) is 13.7. The number of rotatable bonds is 7. The van der Waals surface area contributed by atoms with Crippen molar-refractivity contribution in [2.45, 2.75) is 38.6 Å². The zero-order valence-electron chi connectivity index (χ0n) is 11.4. The Bertz CT molecular complexity index is 446. The van der Waals surface area contributed by atoms with Crippen LogP contribution in [0.1, 0.15) is 30.9 Å². The molecule has 0 heterocycles. The molecule has 3 N–H and O–H groups in total. The number of aryl methyl sites for hydroxylation is 2. The lowest BCUT2D eigenvalue weighted by Crippen LogP contribution is -2.45. The molecule has 104 valence electrons. The van der Waals surface area contributed by atoms with Crippen LogP contribution >= 0.6 is 0 Å². The van der Waals surface area contributed by atoms with E-state index in [0.29, 0.717) is 0 Å². The Morgan fingerprint density at radius 3 is 2.95 bits per heavy atom. The quantitative estimate of drug-likeness (QED) is 0.781. The van der Waals surface area contributed by atoms with E-state index in [0.717, 1.165) is 31.6 Å². The molecular weight excluding hydrogens is 240 g/mol. The maximum absolute atomic E-state index is 11.3. The van der Waals surface area contributed by atoms with Gasteiger partial charge in [0, 0.05) is 0 Å². The normalized spacial score (nSPS) is 15.0. The summed E-state index contributed by atoms with van der Waals surface area (Å²) < 4.78 is 5.69. The molecule has 4 heteroatoms. The van der Waals surface area contributed by atoms with Gasteiger partial charge < -0.3 is 15.8 Å². The summed E-state index contributed by atoms with van der Waals surface area (Å²) in [6.07, 6.45) is 4.47. The summed E-state index contributed by atoms with van der Waals surface area (Å²) in [6, 6.07) is 5.76. The highest BCUT2D eigenvalue weighted by Crippen LogP contribution is 2.25. The van der Waals surface area contributed by atoms with Crippen LogP contribution in [0.15, 0.2) is 18.2 Å². The van der Waals surface area contributed by atoms with Gasteiger partial charge in [0.15, 0.2) is 0 Å². The molecule has 1 aromatic carbocycles. The van der Waals surface area contributed by atoms with Gasteiger partial charge >= 0.3 is 0 Å². The van der Waals surface area contributed by atoms with E-state index in [9.17, 15) is 4.79 Å². The Morgan fingerprint density at radius 1 is 1.42 bits per heavy atom. The topological polar surface area (TPSA) is 64.3 Å². The molecule has 0 bridgehead atoms. The van der Waals surface area contributed by atoms with Crippen LogP contribution in [0.2, 0.25) is 0 Å². The van der Waals surface area contributed by atoms with Gasteiger partial charge in [-0.25, -0.2) is 0 Å². The average Bonchev–Trinajstić information content (AvgIpc) is 2.85. The van der Waals surface area contributed by atoms with Crippen LogP contribution < -0.4 is 15.8 Å². The molecule has 1 atom stereocenters. The lowest BCUT2D eigenvalue weighted by atomic mass is 10.1. The number of hydrogen-bond acceptors (Lipinski definition) is 3. The van der Waals surface area contributed by atoms with Crippen molar-refractivity contribution in [2.75, 3.05) is 13.2 Å². The van der Waals surface area contributed by atoms with E-state index in [2.05, 4.69) is 17.4 Å². The largest absolute Gasteiger partial charge is 0.491 e. The fourth-order valence-corrected chi connectivity index (χ4v) is 2.38. The highest BCUT2D eigenvalue weighted by molar-refractivity contribution is 5.80. The van der Waals surface area contributed by atoms with Crippen molar-refractivity contribution in [3.8, 4) is 5.75 Å². The van der Waals surface area contributed by atoms with Gasteiger partial charge in [0.2, 0.25) is 5.91 Å². The first kappa shape index (κ1) is 13.9. The molecule has 0 saturated heterocycles. The number of fused-ring (bicyclic) bond motifs is 1. The first-order chi connectivity index (χ1) is 9.20. The van der Waals surface area contributed by atoms with Crippen LogP contribution in [-0.2, 0) is 17.6 Å². The van der Waals surface area contributed by atoms with Crippen molar-refractivity contribution in [1.82, 2.24) is 5.32 Å². The Morgan fingerprint density at radius 2 is 2.21 bits per heavy atom. The molecular formula is C15H22N2O2. The van der Waals surface area contributed by atoms with Crippen molar-refractivity contribution in [1.29, 1.82) is 0 Å². The first-order valence-corrected chi connectivity index (χ1v) is 6.98. The highest BCUT2D eigenvalue weighted by atomic mass is 16.5. The third-order valence-corrected chi connectivity index (χ3v) is 3.47. The molecule has 1 aromatic rings. The standard InChI is InChI=1S/C15H22N2O2/c1-2-8-17-14(15(16)18)10-19-13-7-6-11-4-3-5-12(11)9-13/h6-7,9,14,17H,2-5,8,10H2,1H3,(H2,16,18). The minimum Gasteiger partial charge on any atom is -0.491 e. The van der Waals surface area contributed by atoms with E-state index in [1.807, 2.05) is 13.0 Å². The lowest BCUT2D eigenvalue weighted by molar-refractivity contribution is -0.120. The Balaban J connectivity index is 1.91. The van der Waals surface area contributed by atoms with E-state index in [1.54, 1.807) is 0 Å². The van der Waals surface area contributed by atoms with Crippen LogP contribution in [-0.4, -0.2) is 25.1 Å². The molecule has 0 aromatic heterocycles. The first-order valence-electron chi connectivity index (χ1n) is 6.98. The third kappa shape index (κ3) is 3.70. The van der Waals surface area contributed by atoms with Gasteiger partial charge in [0.25, 0.3) is 0 Å². The molecule has 1 aliphatic rings. The molecule has 19 heavy (non-hydrogen) atoms. The summed E-state index contributed by atoms with van der Waals surface area (Å²) in [4.78, 5) is 11.3. The maximum atomic E-state index is 11.3. The van der Waals surface area contributed by atoms with Gasteiger partial charge in [-0.1, -0.05) is 13.0 Å². The number of benzene rings is 1. The summed E-state index contributed by atoms with van der Waals surface area (Å²) in [7, 11) is 0. The minimum absolute atomic E-state index is 0.286. The van der Waals surface area contributed by atoms with Gasteiger partial charge in [-0.05, 0) is 55.5 Å². The van der Waals surface area contributed by atoms with Gasteiger partial charge in [-0.15, -0.1) is 0 Å². The summed E-state index contributed by atoms with van der Waals surface area (Å²) in [5.41, 5.74) is 8.14. The number of carbonyl (C=O) groups is 1. The smallest absolute Gasteiger partial charge is 0.238 e. The molecule has 1 aliphatic carbocycles. The summed E-state index contributed by atoms with van der Waals surface area (Å²) in [6.45, 7) is 3.10. The van der Waals surface area contributed by atoms with Gasteiger partial charge in [0.05, 0.1) is 0 Å². The fraction of sp³-hybridized carbons (Fsp3) is 0.533. The molecule has 1 unspecified atom stereocenters. The number of primary amides is 1. The van der Waals surface area contributed by atoms with E-state index >= 15 is 0 Å². The van der Waals surface area contributed by atoms with Gasteiger partial charge in [-0.2, -0.15) is 0 Å². The maximum Gasteiger partial charge on any atom is 0.238 e. The van der Waals surface area contributed by atoms with E-state index < -0.39 is 6.04 Å². The second-order valence-corrected chi connectivity index (χ2v) is 5.00. The summed E-state index contributed by atoms with van der Waals surface area (Å²) in [5.74, 6) is 0.458. The van der Waals surface area contributed by atoms with Crippen LogP contribution in [0.4, 0.5) is 0 Å². The Hall–Kier alpha value is -1.55. The number of ether oxygens (including phenoxy) is 1. The predicted octanol–water partition coefficient (Wildman–Crippen LogP) is 1.41. The second-order valence-electron chi connectivity index (χ2n) is 5.00. The van der Waals surface area contributed by atoms with Crippen molar-refractivity contribution in [3.63, 3.8) is 0 Å². The van der Waals surface area contributed by atoms with Crippen LogP contribution in [0.25, 0.3) is 0 Å². The Labute approximate surface area is 114 Å². The lowest BCUT2D eigenvalue weighted by Gasteiger charge is -2.16. The van der Waals surface area contributed by atoms with Crippen molar-refractivity contribution >= 4 is 5.91 Å². The molecule has 0 saturated carbocycles. The zero-order valence-corrected chi connectivity index (χ0v) is 11.4. The monoisotopic (exact) mass is 262 g/mol. The average molecular weight is 262 g/mol. The highest BCUT2D eigenvalue weighted by Gasteiger charge is 2.16.